The number of nitrogens with two attached hydrogens (primary N) is 1. The van der Waals surface area contributed by atoms with E-state index in [4.69, 9.17) is 5.73 Å². The van der Waals surface area contributed by atoms with E-state index in [1.807, 2.05) is 0 Å². The smallest absolute Gasteiger partial charge is 0.00771 e. The van der Waals surface area contributed by atoms with E-state index in [1.54, 1.807) is 0 Å². The van der Waals surface area contributed by atoms with E-state index in [-0.39, 0.29) is 0 Å². The number of hydrogen-bond acceptors (Lipinski definition) is 1. The predicted molar refractivity (Wildman–Crippen MR) is 71.8 cm³/mol. The molecule has 0 fully saturated rings. The highest BCUT2D eigenvalue weighted by atomic mass is 14.5. The summed E-state index contributed by atoms with van der Waals surface area (Å²) >= 11 is 0. The van der Waals surface area contributed by atoms with Gasteiger partial charge in [0, 0.05) is 0 Å². The number of aryl methyl sites for hydroxylation is 1. The van der Waals surface area contributed by atoms with Crippen molar-refractivity contribution in [2.45, 2.75) is 51.9 Å². The van der Waals surface area contributed by atoms with Gasteiger partial charge in [-0.15, -0.1) is 0 Å². The zero-order valence-corrected chi connectivity index (χ0v) is 10.7. The molecule has 0 aromatic heterocycles. The lowest BCUT2D eigenvalue weighted by Gasteiger charge is -2.16. The van der Waals surface area contributed by atoms with Crippen molar-refractivity contribution < 1.29 is 0 Å². The largest absolute Gasteiger partial charge is 0.330 e. The molecule has 1 aromatic carbocycles. The van der Waals surface area contributed by atoms with Crippen LogP contribution < -0.4 is 5.73 Å². The molecule has 1 nitrogen and oxygen atoms in total. The molecule has 0 bridgehead atoms. The van der Waals surface area contributed by atoms with E-state index in [1.165, 1.54) is 30.4 Å². The maximum Gasteiger partial charge on any atom is -0.00771 e. The molecule has 16 heavy (non-hydrogen) atoms. The third-order valence-corrected chi connectivity index (χ3v) is 3.25. The van der Waals surface area contributed by atoms with Gasteiger partial charge in [-0.3, -0.25) is 0 Å². The minimum Gasteiger partial charge on any atom is -0.330 e. The Morgan fingerprint density at radius 2 is 1.75 bits per heavy atom. The van der Waals surface area contributed by atoms with Gasteiger partial charge in [0.2, 0.25) is 0 Å². The van der Waals surface area contributed by atoms with E-state index in [0.717, 1.165) is 19.4 Å². The van der Waals surface area contributed by atoms with Crippen LogP contribution in [0.15, 0.2) is 24.3 Å². The lowest BCUT2D eigenvalue weighted by molar-refractivity contribution is 0.550. The molecule has 0 aliphatic heterocycles. The van der Waals surface area contributed by atoms with Gasteiger partial charge in [0.25, 0.3) is 0 Å². The Hall–Kier alpha value is -0.820. The fourth-order valence-corrected chi connectivity index (χ4v) is 2.22. The molecule has 0 amide bonds. The second kappa shape index (κ2) is 7.45. The van der Waals surface area contributed by atoms with Crippen molar-refractivity contribution in [1.82, 2.24) is 0 Å². The Kier molecular flexibility index (Phi) is 6.17. The van der Waals surface area contributed by atoms with Crippen LogP contribution in [-0.2, 0) is 6.42 Å². The molecule has 1 rings (SSSR count). The van der Waals surface area contributed by atoms with Crippen molar-refractivity contribution in [2.24, 2.45) is 5.73 Å². The van der Waals surface area contributed by atoms with Crippen molar-refractivity contribution >= 4 is 0 Å². The lowest BCUT2D eigenvalue weighted by atomic mass is 9.89. The van der Waals surface area contributed by atoms with Crippen molar-refractivity contribution in [2.75, 3.05) is 6.54 Å². The van der Waals surface area contributed by atoms with Crippen molar-refractivity contribution in [3.8, 4) is 0 Å². The molecular weight excluding hydrogens is 194 g/mol. The van der Waals surface area contributed by atoms with E-state index in [2.05, 4.69) is 38.1 Å². The van der Waals surface area contributed by atoms with Gasteiger partial charge in [-0.05, 0) is 49.3 Å². The quantitative estimate of drug-likeness (QED) is 0.740. The predicted octanol–water partition coefficient (Wildman–Crippen LogP) is 3.87. The zero-order valence-electron chi connectivity index (χ0n) is 10.7. The minimum atomic E-state index is 0.708. The summed E-state index contributed by atoms with van der Waals surface area (Å²) in [6.07, 6.45) is 6.04. The Balaban J connectivity index is 2.67. The van der Waals surface area contributed by atoms with E-state index in [0.29, 0.717) is 5.92 Å². The second-order valence-electron chi connectivity index (χ2n) is 4.51. The summed E-state index contributed by atoms with van der Waals surface area (Å²) in [6.45, 7) is 5.27. The molecule has 1 atom stereocenters. The van der Waals surface area contributed by atoms with Crippen LogP contribution in [0.25, 0.3) is 0 Å². The standard InChI is InChI=1S/C15H25N/c1-3-6-14(7-5-12-16)15-10-8-13(4-2)9-11-15/h8-11,14H,3-7,12,16H2,1-2H3. The molecule has 0 saturated carbocycles. The number of hydrogen-bond donors (Lipinski definition) is 1. The Labute approximate surface area is 100 Å². The van der Waals surface area contributed by atoms with Crippen molar-refractivity contribution in [1.29, 1.82) is 0 Å². The zero-order chi connectivity index (χ0) is 11.8. The first-order chi connectivity index (χ1) is 7.81. The number of rotatable bonds is 7. The second-order valence-corrected chi connectivity index (χ2v) is 4.51. The summed E-state index contributed by atoms with van der Waals surface area (Å²) in [7, 11) is 0. The van der Waals surface area contributed by atoms with E-state index in [9.17, 15) is 0 Å². The van der Waals surface area contributed by atoms with Gasteiger partial charge in [0.15, 0.2) is 0 Å². The molecule has 1 aromatic rings. The fourth-order valence-electron chi connectivity index (χ4n) is 2.22. The van der Waals surface area contributed by atoms with Crippen LogP contribution in [0, 0.1) is 0 Å². The highest BCUT2D eigenvalue weighted by molar-refractivity contribution is 5.25. The highest BCUT2D eigenvalue weighted by Crippen LogP contribution is 2.26. The van der Waals surface area contributed by atoms with Gasteiger partial charge in [0.1, 0.15) is 0 Å². The van der Waals surface area contributed by atoms with E-state index < -0.39 is 0 Å². The average Bonchev–Trinajstić information content (AvgIpc) is 2.35. The third kappa shape index (κ3) is 3.97. The molecule has 0 saturated heterocycles. The molecule has 0 heterocycles. The first-order valence-electron chi connectivity index (χ1n) is 6.60. The molecule has 1 heteroatoms. The molecule has 2 N–H and O–H groups in total. The highest BCUT2D eigenvalue weighted by Gasteiger charge is 2.09. The molecule has 0 spiro atoms. The molecular formula is C15H25N. The van der Waals surface area contributed by atoms with Gasteiger partial charge in [-0.1, -0.05) is 44.5 Å². The monoisotopic (exact) mass is 219 g/mol. The average molecular weight is 219 g/mol. The third-order valence-electron chi connectivity index (χ3n) is 3.25. The molecule has 90 valence electrons. The maximum atomic E-state index is 5.60. The lowest BCUT2D eigenvalue weighted by Crippen LogP contribution is -2.04. The van der Waals surface area contributed by atoms with Gasteiger partial charge in [-0.2, -0.15) is 0 Å². The fraction of sp³-hybridized carbons (Fsp3) is 0.600. The van der Waals surface area contributed by atoms with Gasteiger partial charge >= 0.3 is 0 Å². The first-order valence-corrected chi connectivity index (χ1v) is 6.60. The van der Waals surface area contributed by atoms with E-state index >= 15 is 0 Å². The van der Waals surface area contributed by atoms with Gasteiger partial charge < -0.3 is 5.73 Å². The van der Waals surface area contributed by atoms with Crippen molar-refractivity contribution in [3.63, 3.8) is 0 Å². The summed E-state index contributed by atoms with van der Waals surface area (Å²) in [5.41, 5.74) is 8.52. The minimum absolute atomic E-state index is 0.708. The maximum absolute atomic E-state index is 5.60. The van der Waals surface area contributed by atoms with Crippen LogP contribution >= 0.6 is 0 Å². The topological polar surface area (TPSA) is 26.0 Å². The van der Waals surface area contributed by atoms with Crippen LogP contribution in [0.4, 0.5) is 0 Å². The molecule has 1 unspecified atom stereocenters. The SMILES string of the molecule is CCCC(CCCN)c1ccc(CC)cc1. The number of benzene rings is 1. The van der Waals surface area contributed by atoms with Crippen molar-refractivity contribution in [3.05, 3.63) is 35.4 Å². The summed E-state index contributed by atoms with van der Waals surface area (Å²) in [6, 6.07) is 9.13. The van der Waals surface area contributed by atoms with Gasteiger partial charge in [-0.25, -0.2) is 0 Å². The van der Waals surface area contributed by atoms with Crippen LogP contribution in [0.5, 0.6) is 0 Å². The molecule has 0 radical (unpaired) electrons. The van der Waals surface area contributed by atoms with Crippen LogP contribution in [0.3, 0.4) is 0 Å². The van der Waals surface area contributed by atoms with Crippen LogP contribution in [0.1, 0.15) is 56.6 Å². The normalized spacial score (nSPS) is 12.7. The van der Waals surface area contributed by atoms with Crippen LogP contribution in [-0.4, -0.2) is 6.54 Å². The first kappa shape index (κ1) is 13.2. The van der Waals surface area contributed by atoms with Crippen LogP contribution in [0.2, 0.25) is 0 Å². The molecule has 0 aliphatic rings. The Morgan fingerprint density at radius 1 is 1.06 bits per heavy atom. The molecule has 0 aliphatic carbocycles. The summed E-state index contributed by atoms with van der Waals surface area (Å²) in [5.74, 6) is 0.708. The Morgan fingerprint density at radius 3 is 2.25 bits per heavy atom. The Bertz CT molecular complexity index is 276. The van der Waals surface area contributed by atoms with Gasteiger partial charge in [0.05, 0.1) is 0 Å². The summed E-state index contributed by atoms with van der Waals surface area (Å²) in [4.78, 5) is 0. The summed E-state index contributed by atoms with van der Waals surface area (Å²) in [5, 5.41) is 0. The summed E-state index contributed by atoms with van der Waals surface area (Å²) < 4.78 is 0.